The van der Waals surface area contributed by atoms with Crippen molar-refractivity contribution in [3.8, 4) is 0 Å². The van der Waals surface area contributed by atoms with Crippen LogP contribution in [0.25, 0.3) is 0 Å². The molecule has 0 amide bonds. The molecule has 0 saturated heterocycles. The number of hydrogen-bond donors (Lipinski definition) is 2. The largest absolute Gasteiger partial charge is 2.00 e. The summed E-state index contributed by atoms with van der Waals surface area (Å²) in [5.41, 5.74) is 0. The van der Waals surface area contributed by atoms with Crippen molar-refractivity contribution in [3.63, 3.8) is 0 Å². The number of aliphatic hydroxyl groups is 2. The van der Waals surface area contributed by atoms with Crippen molar-refractivity contribution in [1.82, 2.24) is 0 Å². The van der Waals surface area contributed by atoms with Gasteiger partial charge in [0.2, 0.25) is 0 Å². The van der Waals surface area contributed by atoms with E-state index in [1.807, 2.05) is 0 Å². The Kier molecular flexibility index (Phi) is 14.9. The van der Waals surface area contributed by atoms with Gasteiger partial charge in [-0.05, 0) is 0 Å². The molecule has 0 spiro atoms. The topological polar surface area (TPSA) is 155 Å². The average molecular weight is 338 g/mol. The minimum Gasteiger partial charge on any atom is -0.748 e. The number of rotatable bonds is 4. The first-order valence-corrected chi connectivity index (χ1v) is 6.36. The van der Waals surface area contributed by atoms with E-state index < -0.39 is 45.0 Å². The zero-order valence-electron chi connectivity index (χ0n) is 7.70. The van der Waals surface area contributed by atoms with E-state index in [0.29, 0.717) is 0 Å². The van der Waals surface area contributed by atoms with Crippen LogP contribution in [0.1, 0.15) is 0 Å². The van der Waals surface area contributed by atoms with Crippen molar-refractivity contribution in [2.24, 2.45) is 0 Å². The van der Waals surface area contributed by atoms with Crippen molar-refractivity contribution in [3.05, 3.63) is 0 Å². The SMILES string of the molecule is O=S(=O)([O-])CCO.O=S(=O)([O-])CCO.[Sr+2]. The minimum atomic E-state index is -4.17. The standard InChI is InChI=1S/2C2H6O4S.Sr/c2*3-1-2-7(4,5)6;/h2*3H,1-2H2,(H,4,5,6);/q;;+2/p-2. The van der Waals surface area contributed by atoms with Gasteiger partial charge >= 0.3 is 45.5 Å². The Bertz CT molecular complexity index is 285. The fourth-order valence-corrected chi connectivity index (χ4v) is 0.671. The molecule has 88 valence electrons. The Morgan fingerprint density at radius 3 is 1.00 bits per heavy atom. The van der Waals surface area contributed by atoms with Gasteiger partial charge in [-0.3, -0.25) is 0 Å². The van der Waals surface area contributed by atoms with E-state index >= 15 is 0 Å². The minimum absolute atomic E-state index is 0. The molecule has 0 atom stereocenters. The van der Waals surface area contributed by atoms with Gasteiger partial charge in [-0.1, -0.05) is 0 Å². The smallest absolute Gasteiger partial charge is 0.748 e. The Labute approximate surface area is 125 Å². The molecule has 0 heterocycles. The second kappa shape index (κ2) is 10.4. The van der Waals surface area contributed by atoms with Crippen LogP contribution >= 0.6 is 0 Å². The molecule has 0 aliphatic rings. The van der Waals surface area contributed by atoms with Gasteiger partial charge in [0.05, 0.1) is 45.0 Å². The quantitative estimate of drug-likeness (QED) is 0.398. The first kappa shape index (κ1) is 21.5. The van der Waals surface area contributed by atoms with E-state index in [2.05, 4.69) is 0 Å². The van der Waals surface area contributed by atoms with E-state index in [4.69, 9.17) is 10.2 Å². The van der Waals surface area contributed by atoms with Crippen LogP contribution in [0.5, 0.6) is 0 Å². The summed E-state index contributed by atoms with van der Waals surface area (Å²) < 4.78 is 57.1. The molecule has 8 nitrogen and oxygen atoms in total. The average Bonchev–Trinajstić information content (AvgIpc) is 1.81. The molecule has 0 unspecified atom stereocenters. The first-order valence-electron chi connectivity index (χ1n) is 3.21. The van der Waals surface area contributed by atoms with Crippen molar-refractivity contribution < 1.29 is 36.2 Å². The van der Waals surface area contributed by atoms with Gasteiger partial charge in [0.1, 0.15) is 0 Å². The van der Waals surface area contributed by atoms with Crippen LogP contribution in [-0.4, -0.2) is 106 Å². The predicted octanol–water partition coefficient (Wildman–Crippen LogP) is -3.33. The van der Waals surface area contributed by atoms with Crippen molar-refractivity contribution in [2.45, 2.75) is 0 Å². The van der Waals surface area contributed by atoms with Crippen LogP contribution in [0.15, 0.2) is 0 Å². The van der Waals surface area contributed by atoms with Crippen LogP contribution in [0.4, 0.5) is 0 Å². The molecule has 0 saturated carbocycles. The van der Waals surface area contributed by atoms with Crippen molar-refractivity contribution in [1.29, 1.82) is 0 Å². The second-order valence-corrected chi connectivity index (χ2v) is 5.02. The molecule has 11 heteroatoms. The van der Waals surface area contributed by atoms with Gasteiger partial charge in [0, 0.05) is 0 Å². The summed E-state index contributed by atoms with van der Waals surface area (Å²) >= 11 is 0. The molecule has 0 aromatic heterocycles. The molecule has 0 rings (SSSR count). The maximum Gasteiger partial charge on any atom is 2.00 e. The van der Waals surface area contributed by atoms with Gasteiger partial charge in [-0.25, -0.2) is 16.8 Å². The van der Waals surface area contributed by atoms with E-state index in [1.54, 1.807) is 0 Å². The maximum atomic E-state index is 9.52. The van der Waals surface area contributed by atoms with Gasteiger partial charge in [0.25, 0.3) is 0 Å². The van der Waals surface area contributed by atoms with Crippen LogP contribution in [-0.2, 0) is 20.2 Å². The maximum absolute atomic E-state index is 9.52. The van der Waals surface area contributed by atoms with Gasteiger partial charge in [-0.2, -0.15) is 0 Å². The molecule has 0 fully saturated rings. The third-order valence-corrected chi connectivity index (χ3v) is 2.05. The summed E-state index contributed by atoms with van der Waals surface area (Å²) in [7, 11) is -8.35. The van der Waals surface area contributed by atoms with Gasteiger partial charge in [-0.15, -0.1) is 0 Å². The van der Waals surface area contributed by atoms with Gasteiger partial charge in [0.15, 0.2) is 0 Å². The van der Waals surface area contributed by atoms with Crippen molar-refractivity contribution in [2.75, 3.05) is 24.7 Å². The van der Waals surface area contributed by atoms with E-state index in [1.165, 1.54) is 0 Å². The third-order valence-electron chi connectivity index (χ3n) is 0.683. The first-order chi connectivity index (χ1) is 6.12. The molecule has 0 aromatic carbocycles. The van der Waals surface area contributed by atoms with Crippen molar-refractivity contribution >= 4 is 65.7 Å². The molecule has 0 aliphatic heterocycles. The predicted molar refractivity (Wildman–Crippen MR) is 49.1 cm³/mol. The fourth-order valence-electron chi connectivity index (χ4n) is 0.224. The van der Waals surface area contributed by atoms with Crippen LogP contribution < -0.4 is 0 Å². The molecular formula is C4H10O8S2Sr. The molecule has 0 radical (unpaired) electrons. The molecule has 15 heavy (non-hydrogen) atoms. The molecule has 0 bridgehead atoms. The molecule has 0 aliphatic carbocycles. The number of hydrogen-bond acceptors (Lipinski definition) is 8. The molecular weight excluding hydrogens is 328 g/mol. The van der Waals surface area contributed by atoms with Gasteiger partial charge < -0.3 is 19.3 Å². The number of aliphatic hydroxyl groups excluding tert-OH is 2. The third kappa shape index (κ3) is 31.3. The summed E-state index contributed by atoms with van der Waals surface area (Å²) in [5.74, 6) is -1.38. The Morgan fingerprint density at radius 2 is 1.00 bits per heavy atom. The zero-order chi connectivity index (χ0) is 11.8. The fraction of sp³-hybridized carbons (Fsp3) is 1.00. The van der Waals surface area contributed by atoms with E-state index in [9.17, 15) is 25.9 Å². The monoisotopic (exact) mass is 338 g/mol. The Hall–Kier alpha value is 1.22. The summed E-state index contributed by atoms with van der Waals surface area (Å²) in [6.07, 6.45) is 0. The zero-order valence-corrected chi connectivity index (χ0v) is 12.8. The Morgan fingerprint density at radius 1 is 0.800 bits per heavy atom. The molecule has 0 aromatic rings. The molecule has 2 N–H and O–H groups in total. The van der Waals surface area contributed by atoms with Crippen LogP contribution in [0, 0.1) is 0 Å². The second-order valence-electron chi connectivity index (χ2n) is 1.97. The van der Waals surface area contributed by atoms with E-state index in [0.717, 1.165) is 0 Å². The van der Waals surface area contributed by atoms with Crippen LogP contribution in [0.2, 0.25) is 0 Å². The normalized spacial score (nSPS) is 10.9. The Balaban J connectivity index is -0.000000180. The van der Waals surface area contributed by atoms with E-state index in [-0.39, 0.29) is 45.5 Å². The summed E-state index contributed by atoms with van der Waals surface area (Å²) in [5, 5.41) is 15.6. The van der Waals surface area contributed by atoms with Crippen LogP contribution in [0.3, 0.4) is 0 Å². The summed E-state index contributed by atoms with van der Waals surface area (Å²) in [4.78, 5) is 0. The summed E-state index contributed by atoms with van der Waals surface area (Å²) in [6, 6.07) is 0. The summed E-state index contributed by atoms with van der Waals surface area (Å²) in [6.45, 7) is -1.18.